The van der Waals surface area contributed by atoms with Crippen molar-refractivity contribution >= 4 is 30.9 Å². The van der Waals surface area contributed by atoms with Crippen LogP contribution in [0.15, 0.2) is 48.5 Å². The summed E-state index contributed by atoms with van der Waals surface area (Å²) in [4.78, 5) is 12.2. The van der Waals surface area contributed by atoms with Crippen LogP contribution in [0.4, 0.5) is 0 Å². The lowest BCUT2D eigenvalue weighted by atomic mass is 9.79. The molecule has 0 atom stereocenters. The van der Waals surface area contributed by atoms with E-state index in [4.69, 9.17) is 20.1 Å². The summed E-state index contributed by atoms with van der Waals surface area (Å²) in [6.45, 7) is 0. The molecule has 0 spiro atoms. The number of hydrogen-bond acceptors (Lipinski definition) is 5. The maximum absolute atomic E-state index is 12.2. The van der Waals surface area contributed by atoms with Gasteiger partial charge >= 0.3 is 14.2 Å². The van der Waals surface area contributed by atoms with E-state index in [-0.39, 0.29) is 5.78 Å². The fraction of sp³-hybridized carbons (Fsp3) is 0. The molecule has 0 saturated heterocycles. The quantitative estimate of drug-likeness (QED) is 0.391. The van der Waals surface area contributed by atoms with E-state index in [1.165, 1.54) is 48.5 Å². The summed E-state index contributed by atoms with van der Waals surface area (Å²) in [6, 6.07) is 11.9. The molecule has 7 heteroatoms. The molecule has 100 valence electrons. The molecule has 0 saturated carbocycles. The number of carbonyl (C=O) groups is 1. The molecule has 0 aliphatic heterocycles. The van der Waals surface area contributed by atoms with Crippen LogP contribution in [0.5, 0.6) is 0 Å². The Bertz CT molecular complexity index is 540. The van der Waals surface area contributed by atoms with E-state index in [9.17, 15) is 4.79 Å². The standard InChI is InChI=1S/C13H12B2O5/c16-13(9-1-5-11(6-2-9)14(17)18)10-3-7-12(8-4-10)15(19)20/h1-8,17-20H. The SMILES string of the molecule is O=C(c1ccc(B(O)O)cc1)c1ccc(B(O)O)cc1. The van der Waals surface area contributed by atoms with Gasteiger partial charge in [0.15, 0.2) is 5.78 Å². The fourth-order valence-corrected chi connectivity index (χ4v) is 1.78. The monoisotopic (exact) mass is 270 g/mol. The van der Waals surface area contributed by atoms with Crippen LogP contribution in [-0.2, 0) is 0 Å². The van der Waals surface area contributed by atoms with Gasteiger partial charge in [-0.2, -0.15) is 0 Å². The van der Waals surface area contributed by atoms with Crippen LogP contribution < -0.4 is 10.9 Å². The zero-order valence-electron chi connectivity index (χ0n) is 10.5. The second kappa shape index (κ2) is 6.02. The fourth-order valence-electron chi connectivity index (χ4n) is 1.78. The summed E-state index contributed by atoms with van der Waals surface area (Å²) >= 11 is 0. The van der Waals surface area contributed by atoms with Gasteiger partial charge in [0.05, 0.1) is 0 Å². The smallest absolute Gasteiger partial charge is 0.423 e. The molecule has 0 bridgehead atoms. The normalized spacial score (nSPS) is 10.2. The highest BCUT2D eigenvalue weighted by Gasteiger charge is 2.15. The molecule has 2 aromatic rings. The van der Waals surface area contributed by atoms with Crippen molar-refractivity contribution in [3.63, 3.8) is 0 Å². The van der Waals surface area contributed by atoms with Crippen molar-refractivity contribution in [1.82, 2.24) is 0 Å². The first-order valence-electron chi connectivity index (χ1n) is 5.96. The Morgan fingerprint density at radius 2 is 0.950 bits per heavy atom. The maximum Gasteiger partial charge on any atom is 0.488 e. The lowest BCUT2D eigenvalue weighted by Crippen LogP contribution is -2.30. The van der Waals surface area contributed by atoms with Crippen molar-refractivity contribution in [2.24, 2.45) is 0 Å². The zero-order valence-corrected chi connectivity index (χ0v) is 10.5. The summed E-state index contributed by atoms with van der Waals surface area (Å²) in [5.41, 5.74) is 1.43. The van der Waals surface area contributed by atoms with Gasteiger partial charge in [-0.05, 0) is 10.9 Å². The number of ketones is 1. The minimum atomic E-state index is -1.57. The number of rotatable bonds is 4. The van der Waals surface area contributed by atoms with Gasteiger partial charge in [0, 0.05) is 11.1 Å². The van der Waals surface area contributed by atoms with E-state index in [2.05, 4.69) is 0 Å². The molecule has 0 fully saturated rings. The average molecular weight is 270 g/mol. The van der Waals surface area contributed by atoms with Crippen LogP contribution in [0, 0.1) is 0 Å². The second-order valence-electron chi connectivity index (χ2n) is 4.32. The topological polar surface area (TPSA) is 98.0 Å². The highest BCUT2D eigenvalue weighted by atomic mass is 16.4. The molecule has 2 rings (SSSR count). The zero-order chi connectivity index (χ0) is 14.7. The minimum absolute atomic E-state index is 0.233. The maximum atomic E-state index is 12.2. The van der Waals surface area contributed by atoms with E-state index < -0.39 is 14.2 Å². The molecule has 2 aromatic carbocycles. The molecule has 4 N–H and O–H groups in total. The molecule has 0 unspecified atom stereocenters. The molecule has 0 aromatic heterocycles. The third kappa shape index (κ3) is 3.15. The van der Waals surface area contributed by atoms with Gasteiger partial charge in [-0.1, -0.05) is 48.5 Å². The first-order valence-corrected chi connectivity index (χ1v) is 5.96. The van der Waals surface area contributed by atoms with Crippen molar-refractivity contribution < 1.29 is 24.9 Å². The highest BCUT2D eigenvalue weighted by molar-refractivity contribution is 6.59. The summed E-state index contributed by atoms with van der Waals surface area (Å²) in [6.07, 6.45) is 0. The van der Waals surface area contributed by atoms with Crippen LogP contribution >= 0.6 is 0 Å². The molecule has 0 aliphatic rings. The first-order chi connectivity index (χ1) is 9.49. The summed E-state index contributed by atoms with van der Waals surface area (Å²) in [5, 5.41) is 35.9. The third-order valence-electron chi connectivity index (χ3n) is 2.94. The number of carbonyl (C=O) groups excluding carboxylic acids is 1. The van der Waals surface area contributed by atoms with Gasteiger partial charge in [-0.15, -0.1) is 0 Å². The molecule has 20 heavy (non-hydrogen) atoms. The third-order valence-corrected chi connectivity index (χ3v) is 2.94. The molecule has 0 radical (unpaired) electrons. The number of benzene rings is 2. The van der Waals surface area contributed by atoms with Crippen LogP contribution in [0.25, 0.3) is 0 Å². The van der Waals surface area contributed by atoms with Gasteiger partial charge in [0.2, 0.25) is 0 Å². The van der Waals surface area contributed by atoms with Gasteiger partial charge < -0.3 is 20.1 Å². The Morgan fingerprint density at radius 1 is 0.650 bits per heavy atom. The molecular formula is C13H12B2O5. The van der Waals surface area contributed by atoms with Crippen molar-refractivity contribution in [2.45, 2.75) is 0 Å². The van der Waals surface area contributed by atoms with Gasteiger partial charge in [0.25, 0.3) is 0 Å². The summed E-state index contributed by atoms with van der Waals surface area (Å²) in [5.74, 6) is -0.233. The minimum Gasteiger partial charge on any atom is -0.423 e. The van der Waals surface area contributed by atoms with E-state index >= 15 is 0 Å². The van der Waals surface area contributed by atoms with Gasteiger partial charge in [-0.3, -0.25) is 4.79 Å². The van der Waals surface area contributed by atoms with Crippen molar-refractivity contribution in [2.75, 3.05) is 0 Å². The predicted molar refractivity (Wildman–Crippen MR) is 76.0 cm³/mol. The van der Waals surface area contributed by atoms with Crippen molar-refractivity contribution in [1.29, 1.82) is 0 Å². The van der Waals surface area contributed by atoms with Crippen LogP contribution in [0.1, 0.15) is 15.9 Å². The van der Waals surface area contributed by atoms with Gasteiger partial charge in [-0.25, -0.2) is 0 Å². The molecule has 0 aliphatic carbocycles. The summed E-state index contributed by atoms with van der Waals surface area (Å²) < 4.78 is 0. The Kier molecular flexibility index (Phi) is 4.36. The van der Waals surface area contributed by atoms with Crippen molar-refractivity contribution in [3.05, 3.63) is 59.7 Å². The lowest BCUT2D eigenvalue weighted by molar-refractivity contribution is 0.103. The van der Waals surface area contributed by atoms with Crippen LogP contribution in [-0.4, -0.2) is 40.1 Å². The van der Waals surface area contributed by atoms with Gasteiger partial charge in [0.1, 0.15) is 0 Å². The molecule has 0 heterocycles. The molecular weight excluding hydrogens is 258 g/mol. The average Bonchev–Trinajstić information content (AvgIpc) is 2.46. The second-order valence-corrected chi connectivity index (χ2v) is 4.32. The Hall–Kier alpha value is -1.92. The molecule has 5 nitrogen and oxygen atoms in total. The first kappa shape index (κ1) is 14.5. The highest BCUT2D eigenvalue weighted by Crippen LogP contribution is 2.08. The number of hydrogen-bond donors (Lipinski definition) is 4. The largest absolute Gasteiger partial charge is 0.488 e. The van der Waals surface area contributed by atoms with Crippen molar-refractivity contribution in [3.8, 4) is 0 Å². The van der Waals surface area contributed by atoms with E-state index in [0.29, 0.717) is 22.1 Å². The Balaban J connectivity index is 2.22. The Morgan fingerprint density at radius 3 is 1.20 bits per heavy atom. The van der Waals surface area contributed by atoms with Crippen LogP contribution in [0.3, 0.4) is 0 Å². The van der Waals surface area contributed by atoms with E-state index in [1.807, 2.05) is 0 Å². The lowest BCUT2D eigenvalue weighted by Gasteiger charge is -2.04. The predicted octanol–water partition coefficient (Wildman–Crippen LogP) is -1.72. The summed E-state index contributed by atoms with van der Waals surface area (Å²) in [7, 11) is -3.13. The van der Waals surface area contributed by atoms with E-state index in [0.717, 1.165) is 0 Å². The van der Waals surface area contributed by atoms with Crippen LogP contribution in [0.2, 0.25) is 0 Å². The van der Waals surface area contributed by atoms with E-state index in [1.54, 1.807) is 0 Å². The Labute approximate surface area is 116 Å². The molecule has 0 amide bonds.